The number of nitrogens with zero attached hydrogens (tertiary/aromatic N) is 2. The molecule has 106 valence electrons. The van der Waals surface area contributed by atoms with Crippen molar-refractivity contribution >= 4 is 16.0 Å². The molecule has 0 fully saturated rings. The first-order valence-electron chi connectivity index (χ1n) is 5.69. The summed E-state index contributed by atoms with van der Waals surface area (Å²) in [6.07, 6.45) is 2.63. The van der Waals surface area contributed by atoms with Crippen molar-refractivity contribution in [2.75, 3.05) is 0 Å². The molecule has 0 aliphatic carbocycles. The van der Waals surface area contributed by atoms with Gasteiger partial charge in [-0.1, -0.05) is 12.1 Å². The summed E-state index contributed by atoms with van der Waals surface area (Å²) in [6.45, 7) is 0.0122. The van der Waals surface area contributed by atoms with Crippen LogP contribution < -0.4 is 4.72 Å². The Labute approximate surface area is 115 Å². The van der Waals surface area contributed by atoms with Crippen LogP contribution in [0.25, 0.3) is 0 Å². The second-order valence-corrected chi connectivity index (χ2v) is 5.95. The second-order valence-electron chi connectivity index (χ2n) is 4.18. The number of aromatic nitrogens is 2. The van der Waals surface area contributed by atoms with Gasteiger partial charge in [-0.3, -0.25) is 4.68 Å². The van der Waals surface area contributed by atoms with Crippen LogP contribution in [0.1, 0.15) is 15.9 Å². The number of benzene rings is 1. The summed E-state index contributed by atoms with van der Waals surface area (Å²) in [4.78, 5) is 10.9. The quantitative estimate of drug-likeness (QED) is 0.841. The van der Waals surface area contributed by atoms with Crippen LogP contribution in [0, 0.1) is 0 Å². The molecule has 0 atom stereocenters. The molecule has 0 saturated carbocycles. The maximum absolute atomic E-state index is 12.0. The van der Waals surface area contributed by atoms with E-state index in [2.05, 4.69) is 9.82 Å². The number of nitrogens with one attached hydrogen (secondary N) is 1. The zero-order valence-corrected chi connectivity index (χ0v) is 11.5. The summed E-state index contributed by atoms with van der Waals surface area (Å²) >= 11 is 0. The predicted molar refractivity (Wildman–Crippen MR) is 70.6 cm³/mol. The highest BCUT2D eigenvalue weighted by atomic mass is 32.2. The van der Waals surface area contributed by atoms with Crippen LogP contribution in [-0.4, -0.2) is 29.3 Å². The molecule has 0 radical (unpaired) electrons. The van der Waals surface area contributed by atoms with Gasteiger partial charge in [-0.05, 0) is 17.7 Å². The maximum Gasteiger partial charge on any atom is 0.335 e. The summed E-state index contributed by atoms with van der Waals surface area (Å²) in [6, 6.07) is 6.09. The number of carboxylic acids is 1. The summed E-state index contributed by atoms with van der Waals surface area (Å²) in [5, 5.41) is 12.7. The minimum absolute atomic E-state index is 0.0122. The van der Waals surface area contributed by atoms with E-state index >= 15 is 0 Å². The van der Waals surface area contributed by atoms with Gasteiger partial charge in [-0.2, -0.15) is 5.10 Å². The van der Waals surface area contributed by atoms with Crippen LogP contribution in [-0.2, 0) is 23.6 Å². The highest BCUT2D eigenvalue weighted by Gasteiger charge is 2.15. The lowest BCUT2D eigenvalue weighted by molar-refractivity contribution is 0.0696. The Kier molecular flexibility index (Phi) is 3.86. The molecule has 7 nitrogen and oxygen atoms in total. The van der Waals surface area contributed by atoms with Crippen LogP contribution >= 0.6 is 0 Å². The van der Waals surface area contributed by atoms with Crippen molar-refractivity contribution in [1.29, 1.82) is 0 Å². The maximum atomic E-state index is 12.0. The van der Waals surface area contributed by atoms with Crippen molar-refractivity contribution in [3.05, 3.63) is 47.8 Å². The average molecular weight is 295 g/mol. The molecular formula is C12H13N3O4S. The van der Waals surface area contributed by atoms with Gasteiger partial charge in [0.15, 0.2) is 0 Å². The van der Waals surface area contributed by atoms with Gasteiger partial charge in [-0.25, -0.2) is 17.9 Å². The molecule has 1 aromatic carbocycles. The van der Waals surface area contributed by atoms with Gasteiger partial charge in [0.2, 0.25) is 10.0 Å². The van der Waals surface area contributed by atoms with Crippen molar-refractivity contribution in [1.82, 2.24) is 14.5 Å². The molecule has 2 rings (SSSR count). The minimum Gasteiger partial charge on any atom is -0.478 e. The van der Waals surface area contributed by atoms with Crippen LogP contribution in [0.15, 0.2) is 41.6 Å². The lowest BCUT2D eigenvalue weighted by atomic mass is 10.1. The van der Waals surface area contributed by atoms with Gasteiger partial charge in [0.1, 0.15) is 4.90 Å². The third kappa shape index (κ3) is 3.22. The molecule has 2 N–H and O–H groups in total. The fourth-order valence-corrected chi connectivity index (χ4v) is 2.61. The predicted octanol–water partition coefficient (Wildman–Crippen LogP) is 0.597. The Bertz CT molecular complexity index is 737. The Hall–Kier alpha value is -2.19. The van der Waals surface area contributed by atoms with E-state index in [0.29, 0.717) is 5.56 Å². The van der Waals surface area contributed by atoms with E-state index in [-0.39, 0.29) is 17.0 Å². The molecule has 2 aromatic rings. The van der Waals surface area contributed by atoms with Crippen LogP contribution in [0.4, 0.5) is 0 Å². The number of sulfonamides is 1. The van der Waals surface area contributed by atoms with Crippen LogP contribution in [0.3, 0.4) is 0 Å². The SMILES string of the molecule is Cn1cc(S(=O)(=O)NCc2cccc(C(=O)O)c2)cn1. The first-order chi connectivity index (χ1) is 9.38. The third-order valence-corrected chi connectivity index (χ3v) is 3.99. The molecule has 0 unspecified atom stereocenters. The van der Waals surface area contributed by atoms with E-state index in [1.165, 1.54) is 29.2 Å². The molecule has 8 heteroatoms. The number of hydrogen-bond donors (Lipinski definition) is 2. The van der Waals surface area contributed by atoms with Crippen molar-refractivity contribution in [2.45, 2.75) is 11.4 Å². The van der Waals surface area contributed by atoms with Gasteiger partial charge in [0, 0.05) is 19.8 Å². The molecule has 0 spiro atoms. The largest absolute Gasteiger partial charge is 0.478 e. The number of aromatic carboxylic acids is 1. The number of aryl methyl sites for hydroxylation is 1. The van der Waals surface area contributed by atoms with Gasteiger partial charge in [0.05, 0.1) is 11.8 Å². The summed E-state index contributed by atoms with van der Waals surface area (Å²) in [5.41, 5.74) is 0.681. The van der Waals surface area contributed by atoms with Crippen molar-refractivity contribution in [3.8, 4) is 0 Å². The number of carbonyl (C=O) groups is 1. The van der Waals surface area contributed by atoms with Gasteiger partial charge in [-0.15, -0.1) is 0 Å². The molecule has 0 amide bonds. The van der Waals surface area contributed by atoms with Crippen LogP contribution in [0.2, 0.25) is 0 Å². The Morgan fingerprint density at radius 2 is 2.20 bits per heavy atom. The summed E-state index contributed by atoms with van der Waals surface area (Å²) in [5.74, 6) is -1.05. The minimum atomic E-state index is -3.65. The van der Waals surface area contributed by atoms with Gasteiger partial charge >= 0.3 is 5.97 Å². The summed E-state index contributed by atoms with van der Waals surface area (Å²) < 4.78 is 27.7. The smallest absolute Gasteiger partial charge is 0.335 e. The molecule has 20 heavy (non-hydrogen) atoms. The number of carboxylic acid groups (broad SMARTS) is 1. The fraction of sp³-hybridized carbons (Fsp3) is 0.167. The molecule has 0 aliphatic heterocycles. The normalized spacial score (nSPS) is 11.4. The van der Waals surface area contributed by atoms with Gasteiger partial charge < -0.3 is 5.11 Å². The third-order valence-electron chi connectivity index (χ3n) is 2.63. The molecule has 1 aromatic heterocycles. The number of hydrogen-bond acceptors (Lipinski definition) is 4. The zero-order valence-electron chi connectivity index (χ0n) is 10.6. The highest BCUT2D eigenvalue weighted by molar-refractivity contribution is 7.89. The van der Waals surface area contributed by atoms with E-state index < -0.39 is 16.0 Å². The first-order valence-corrected chi connectivity index (χ1v) is 7.17. The highest BCUT2D eigenvalue weighted by Crippen LogP contribution is 2.09. The van der Waals surface area contributed by atoms with E-state index in [1.54, 1.807) is 19.2 Å². The second kappa shape index (κ2) is 5.43. The van der Waals surface area contributed by atoms with E-state index in [4.69, 9.17) is 5.11 Å². The molecule has 0 aliphatic rings. The topological polar surface area (TPSA) is 101 Å². The fourth-order valence-electron chi connectivity index (χ4n) is 1.61. The first kappa shape index (κ1) is 14.2. The average Bonchev–Trinajstić information content (AvgIpc) is 2.84. The Morgan fingerprint density at radius 1 is 1.45 bits per heavy atom. The molecule has 0 bridgehead atoms. The zero-order chi connectivity index (χ0) is 14.8. The van der Waals surface area contributed by atoms with Crippen molar-refractivity contribution in [2.24, 2.45) is 7.05 Å². The van der Waals surface area contributed by atoms with E-state index in [1.807, 2.05) is 0 Å². The van der Waals surface area contributed by atoms with E-state index in [0.717, 1.165) is 0 Å². The van der Waals surface area contributed by atoms with E-state index in [9.17, 15) is 13.2 Å². The van der Waals surface area contributed by atoms with Gasteiger partial charge in [0.25, 0.3) is 0 Å². The van der Waals surface area contributed by atoms with Crippen molar-refractivity contribution < 1.29 is 18.3 Å². The van der Waals surface area contributed by atoms with Crippen molar-refractivity contribution in [3.63, 3.8) is 0 Å². The lowest BCUT2D eigenvalue weighted by Crippen LogP contribution is -2.23. The Balaban J connectivity index is 2.12. The monoisotopic (exact) mass is 295 g/mol. The number of rotatable bonds is 5. The lowest BCUT2D eigenvalue weighted by Gasteiger charge is -2.05. The van der Waals surface area contributed by atoms with Crippen LogP contribution in [0.5, 0.6) is 0 Å². The molecule has 1 heterocycles. The summed E-state index contributed by atoms with van der Waals surface area (Å²) in [7, 11) is -2.03. The molecule has 0 saturated heterocycles. The Morgan fingerprint density at radius 3 is 2.80 bits per heavy atom. The molecular weight excluding hydrogens is 282 g/mol. The standard InChI is InChI=1S/C12H13N3O4S/c1-15-8-11(7-13-15)20(18,19)14-6-9-3-2-4-10(5-9)12(16)17/h2-5,7-8,14H,6H2,1H3,(H,16,17).